The molecule has 2 N–H and O–H groups in total. The molecule has 1 aliphatic rings. The third-order valence-electron chi connectivity index (χ3n) is 3.99. The van der Waals surface area contributed by atoms with Crippen LogP contribution in [0.25, 0.3) is 0 Å². The first-order valence-electron chi connectivity index (χ1n) is 7.73. The van der Waals surface area contributed by atoms with Crippen molar-refractivity contribution in [3.05, 3.63) is 28.9 Å². The highest BCUT2D eigenvalue weighted by atomic mass is 35.5. The first kappa shape index (κ1) is 15.8. The topological polar surface area (TPSA) is 72.0 Å². The number of methoxy groups -OCH3 is 1. The number of nitrogens with zero attached hydrogens (tertiary/aromatic N) is 3. The van der Waals surface area contributed by atoms with Crippen molar-refractivity contribution in [1.29, 1.82) is 0 Å². The van der Waals surface area contributed by atoms with Crippen molar-refractivity contribution in [2.24, 2.45) is 0 Å². The molecule has 1 aromatic heterocycles. The Morgan fingerprint density at radius 1 is 1.26 bits per heavy atom. The lowest BCUT2D eigenvalue weighted by Crippen LogP contribution is -2.16. The van der Waals surface area contributed by atoms with Gasteiger partial charge in [-0.2, -0.15) is 10.1 Å². The summed E-state index contributed by atoms with van der Waals surface area (Å²) in [5.74, 6) is 1.80. The van der Waals surface area contributed by atoms with Crippen LogP contribution in [0.5, 0.6) is 5.75 Å². The second-order valence-electron chi connectivity index (χ2n) is 5.72. The molecule has 0 saturated heterocycles. The van der Waals surface area contributed by atoms with Crippen LogP contribution >= 0.6 is 11.6 Å². The van der Waals surface area contributed by atoms with Crippen LogP contribution in [0.1, 0.15) is 31.2 Å². The molecule has 6 nitrogen and oxygen atoms in total. The second-order valence-corrected chi connectivity index (χ2v) is 6.12. The molecule has 3 rings (SSSR count). The molecule has 1 saturated carbocycles. The van der Waals surface area contributed by atoms with E-state index in [1.807, 2.05) is 13.0 Å². The molecule has 2 aromatic rings. The van der Waals surface area contributed by atoms with Crippen molar-refractivity contribution in [3.63, 3.8) is 0 Å². The zero-order valence-corrected chi connectivity index (χ0v) is 14.0. The quantitative estimate of drug-likeness (QED) is 0.863. The van der Waals surface area contributed by atoms with Crippen LogP contribution in [-0.2, 0) is 0 Å². The second kappa shape index (κ2) is 7.00. The summed E-state index contributed by atoms with van der Waals surface area (Å²) in [6.07, 6.45) is 6.53. The molecule has 1 aliphatic carbocycles. The summed E-state index contributed by atoms with van der Waals surface area (Å²) in [6.45, 7) is 1.93. The molecule has 0 unspecified atom stereocenters. The summed E-state index contributed by atoms with van der Waals surface area (Å²) >= 11 is 6.13. The molecule has 1 heterocycles. The standard InChI is InChI=1S/C16H20ClN5O/c1-10-7-13(14(23-2)8-12(10)17)20-16-21-15(9-18-22-16)19-11-5-3-4-6-11/h7-9,11H,3-6H2,1-2H3,(H2,19,20,21,22). The van der Waals surface area contributed by atoms with E-state index < -0.39 is 0 Å². The van der Waals surface area contributed by atoms with Gasteiger partial charge in [-0.15, -0.1) is 5.10 Å². The van der Waals surface area contributed by atoms with E-state index in [9.17, 15) is 0 Å². The van der Waals surface area contributed by atoms with Crippen molar-refractivity contribution in [3.8, 4) is 5.75 Å². The molecular formula is C16H20ClN5O. The van der Waals surface area contributed by atoms with Crippen LogP contribution in [0.2, 0.25) is 5.02 Å². The number of rotatable bonds is 5. The number of halogens is 1. The Hall–Kier alpha value is -2.08. The summed E-state index contributed by atoms with van der Waals surface area (Å²) in [5, 5.41) is 15.3. The molecule has 0 amide bonds. The van der Waals surface area contributed by atoms with Gasteiger partial charge < -0.3 is 15.4 Å². The average Bonchev–Trinajstić information content (AvgIpc) is 3.04. The molecule has 0 bridgehead atoms. The highest BCUT2D eigenvalue weighted by Crippen LogP contribution is 2.32. The molecule has 0 aliphatic heterocycles. The predicted octanol–water partition coefficient (Wildman–Crippen LogP) is 3.94. The lowest BCUT2D eigenvalue weighted by atomic mass is 10.2. The molecule has 0 atom stereocenters. The molecule has 0 radical (unpaired) electrons. The van der Waals surface area contributed by atoms with Gasteiger partial charge >= 0.3 is 0 Å². The SMILES string of the molecule is COc1cc(Cl)c(C)cc1Nc1nncc(NC2CCCC2)n1. The normalized spacial score (nSPS) is 14.7. The Morgan fingerprint density at radius 3 is 2.78 bits per heavy atom. The zero-order chi connectivity index (χ0) is 16.2. The highest BCUT2D eigenvalue weighted by molar-refractivity contribution is 6.31. The van der Waals surface area contributed by atoms with Gasteiger partial charge in [0.15, 0.2) is 5.82 Å². The largest absolute Gasteiger partial charge is 0.495 e. The lowest BCUT2D eigenvalue weighted by molar-refractivity contribution is 0.416. The van der Waals surface area contributed by atoms with Crippen LogP contribution in [-0.4, -0.2) is 28.3 Å². The van der Waals surface area contributed by atoms with E-state index in [2.05, 4.69) is 25.8 Å². The van der Waals surface area contributed by atoms with Crippen LogP contribution in [0, 0.1) is 6.92 Å². The predicted molar refractivity (Wildman–Crippen MR) is 91.7 cm³/mol. The number of benzene rings is 1. The van der Waals surface area contributed by atoms with Gasteiger partial charge in [0.1, 0.15) is 5.75 Å². The monoisotopic (exact) mass is 333 g/mol. The van der Waals surface area contributed by atoms with E-state index in [0.29, 0.717) is 22.8 Å². The van der Waals surface area contributed by atoms with Crippen LogP contribution < -0.4 is 15.4 Å². The smallest absolute Gasteiger partial charge is 0.249 e. The zero-order valence-electron chi connectivity index (χ0n) is 13.3. The fourth-order valence-corrected chi connectivity index (χ4v) is 2.91. The van der Waals surface area contributed by atoms with E-state index >= 15 is 0 Å². The summed E-state index contributed by atoms with van der Waals surface area (Å²) in [5.41, 5.74) is 1.71. The maximum Gasteiger partial charge on any atom is 0.249 e. The molecule has 7 heteroatoms. The molecule has 0 spiro atoms. The Kier molecular flexibility index (Phi) is 4.81. The van der Waals surface area contributed by atoms with Crippen molar-refractivity contribution in [1.82, 2.24) is 15.2 Å². The number of anilines is 3. The average molecular weight is 334 g/mol. The fourth-order valence-electron chi connectivity index (χ4n) is 2.76. The first-order valence-corrected chi connectivity index (χ1v) is 8.11. The van der Waals surface area contributed by atoms with Gasteiger partial charge in [-0.25, -0.2) is 0 Å². The minimum absolute atomic E-state index is 0.424. The summed E-state index contributed by atoms with van der Waals surface area (Å²) in [6, 6.07) is 4.15. The molecule has 122 valence electrons. The van der Waals surface area contributed by atoms with Crippen molar-refractivity contribution >= 4 is 29.1 Å². The van der Waals surface area contributed by atoms with Gasteiger partial charge in [-0.05, 0) is 31.4 Å². The minimum atomic E-state index is 0.424. The van der Waals surface area contributed by atoms with Gasteiger partial charge in [0, 0.05) is 17.1 Å². The minimum Gasteiger partial charge on any atom is -0.495 e. The Labute approximate surface area is 140 Å². The number of aromatic nitrogens is 3. The number of hydrogen-bond acceptors (Lipinski definition) is 6. The van der Waals surface area contributed by atoms with E-state index in [0.717, 1.165) is 17.1 Å². The van der Waals surface area contributed by atoms with Crippen molar-refractivity contribution in [2.45, 2.75) is 38.6 Å². The van der Waals surface area contributed by atoms with E-state index in [-0.39, 0.29) is 0 Å². The van der Waals surface area contributed by atoms with Crippen LogP contribution in [0.4, 0.5) is 17.5 Å². The van der Waals surface area contributed by atoms with E-state index in [1.165, 1.54) is 25.7 Å². The Balaban J connectivity index is 1.78. The van der Waals surface area contributed by atoms with Crippen LogP contribution in [0.15, 0.2) is 18.3 Å². The number of aryl methyl sites for hydroxylation is 1. The summed E-state index contributed by atoms with van der Waals surface area (Å²) in [7, 11) is 1.60. The summed E-state index contributed by atoms with van der Waals surface area (Å²) < 4.78 is 5.35. The third kappa shape index (κ3) is 3.82. The molecule has 1 aromatic carbocycles. The number of ether oxygens (including phenoxy) is 1. The van der Waals surface area contributed by atoms with Gasteiger partial charge in [-0.3, -0.25) is 0 Å². The van der Waals surface area contributed by atoms with E-state index in [1.54, 1.807) is 19.4 Å². The van der Waals surface area contributed by atoms with Gasteiger partial charge in [-0.1, -0.05) is 24.4 Å². The maximum absolute atomic E-state index is 6.13. The summed E-state index contributed by atoms with van der Waals surface area (Å²) in [4.78, 5) is 4.47. The maximum atomic E-state index is 6.13. The third-order valence-corrected chi connectivity index (χ3v) is 4.40. The van der Waals surface area contributed by atoms with Gasteiger partial charge in [0.2, 0.25) is 5.95 Å². The first-order chi connectivity index (χ1) is 11.2. The highest BCUT2D eigenvalue weighted by Gasteiger charge is 2.16. The van der Waals surface area contributed by atoms with Crippen molar-refractivity contribution < 1.29 is 4.74 Å². The Morgan fingerprint density at radius 2 is 2.04 bits per heavy atom. The van der Waals surface area contributed by atoms with Crippen molar-refractivity contribution in [2.75, 3.05) is 17.7 Å². The van der Waals surface area contributed by atoms with Crippen LogP contribution in [0.3, 0.4) is 0 Å². The van der Waals surface area contributed by atoms with Gasteiger partial charge in [0.25, 0.3) is 0 Å². The number of hydrogen-bond donors (Lipinski definition) is 2. The lowest BCUT2D eigenvalue weighted by Gasteiger charge is -2.14. The molecule has 23 heavy (non-hydrogen) atoms. The molecular weight excluding hydrogens is 314 g/mol. The fraction of sp³-hybridized carbons (Fsp3) is 0.438. The van der Waals surface area contributed by atoms with Gasteiger partial charge in [0.05, 0.1) is 19.0 Å². The molecule has 1 fully saturated rings. The Bertz CT molecular complexity index is 688. The number of nitrogens with one attached hydrogen (secondary N) is 2. The van der Waals surface area contributed by atoms with E-state index in [4.69, 9.17) is 16.3 Å².